The molecular formula is C11H12BNO3. The van der Waals surface area contributed by atoms with Gasteiger partial charge in [0.05, 0.1) is 18.8 Å². The molecule has 1 atom stereocenters. The summed E-state index contributed by atoms with van der Waals surface area (Å²) in [6, 6.07) is 5.41. The zero-order chi connectivity index (χ0) is 11.5. The topological polar surface area (TPSA) is 47.6 Å². The number of esters is 1. The standard InChI is InChI=1S/C11H12BNO3/c1-2-15-11(14)9-6-13-8-5-3-4-7(12)10(8)16-9/h3-5,9,13H,2,6H2,1H3. The Labute approximate surface area is 95.3 Å². The number of rotatable bonds is 2. The maximum Gasteiger partial charge on any atom is 0.349 e. The van der Waals surface area contributed by atoms with Gasteiger partial charge in [-0.05, 0) is 13.0 Å². The van der Waals surface area contributed by atoms with Crippen molar-refractivity contribution in [2.24, 2.45) is 0 Å². The predicted octanol–water partition coefficient (Wildman–Crippen LogP) is 0.216. The van der Waals surface area contributed by atoms with Crippen molar-refractivity contribution >= 4 is 25.0 Å². The van der Waals surface area contributed by atoms with E-state index in [1.165, 1.54) is 0 Å². The van der Waals surface area contributed by atoms with Crippen LogP contribution >= 0.6 is 0 Å². The van der Waals surface area contributed by atoms with Crippen LogP contribution in [0.1, 0.15) is 6.92 Å². The second-order valence-corrected chi connectivity index (χ2v) is 3.46. The van der Waals surface area contributed by atoms with E-state index in [1.807, 2.05) is 12.1 Å². The zero-order valence-corrected chi connectivity index (χ0v) is 9.03. The molecule has 0 spiro atoms. The van der Waals surface area contributed by atoms with Crippen LogP contribution in [0.15, 0.2) is 18.2 Å². The van der Waals surface area contributed by atoms with Crippen LogP contribution in [0.3, 0.4) is 0 Å². The van der Waals surface area contributed by atoms with Gasteiger partial charge in [0.25, 0.3) is 0 Å². The van der Waals surface area contributed by atoms with Gasteiger partial charge >= 0.3 is 5.97 Å². The molecule has 5 heteroatoms. The fraction of sp³-hybridized carbons (Fsp3) is 0.364. The lowest BCUT2D eigenvalue weighted by molar-refractivity contribution is -0.150. The molecule has 1 aliphatic heterocycles. The van der Waals surface area contributed by atoms with Gasteiger partial charge in [0.1, 0.15) is 13.6 Å². The van der Waals surface area contributed by atoms with E-state index in [2.05, 4.69) is 5.32 Å². The molecule has 1 N–H and O–H groups in total. The highest BCUT2D eigenvalue weighted by Gasteiger charge is 2.27. The number of hydrogen-bond acceptors (Lipinski definition) is 4. The lowest BCUT2D eigenvalue weighted by Gasteiger charge is -2.27. The average molecular weight is 217 g/mol. The van der Waals surface area contributed by atoms with Crippen LogP contribution < -0.4 is 15.5 Å². The third-order valence-corrected chi connectivity index (χ3v) is 2.33. The van der Waals surface area contributed by atoms with Gasteiger partial charge < -0.3 is 14.8 Å². The highest BCUT2D eigenvalue weighted by atomic mass is 16.6. The minimum atomic E-state index is -0.628. The van der Waals surface area contributed by atoms with Gasteiger partial charge in [0.15, 0.2) is 0 Å². The van der Waals surface area contributed by atoms with Gasteiger partial charge in [0, 0.05) is 0 Å². The Morgan fingerprint density at radius 2 is 2.50 bits per heavy atom. The van der Waals surface area contributed by atoms with Gasteiger partial charge in [-0.1, -0.05) is 17.6 Å². The second kappa shape index (κ2) is 4.47. The van der Waals surface area contributed by atoms with E-state index < -0.39 is 6.10 Å². The molecule has 0 aliphatic carbocycles. The molecule has 0 saturated heterocycles. The monoisotopic (exact) mass is 217 g/mol. The summed E-state index contributed by atoms with van der Waals surface area (Å²) in [4.78, 5) is 11.5. The van der Waals surface area contributed by atoms with Crippen LogP contribution in [-0.4, -0.2) is 33.1 Å². The molecule has 0 amide bonds. The summed E-state index contributed by atoms with van der Waals surface area (Å²) in [6.07, 6.45) is -0.628. The average Bonchev–Trinajstić information content (AvgIpc) is 2.29. The molecule has 2 radical (unpaired) electrons. The SMILES string of the molecule is [B]c1cccc2c1OC(C(=O)OCC)CN2. The molecule has 4 nitrogen and oxygen atoms in total. The van der Waals surface area contributed by atoms with E-state index in [-0.39, 0.29) is 5.97 Å². The Morgan fingerprint density at radius 3 is 3.25 bits per heavy atom. The number of fused-ring (bicyclic) bond motifs is 1. The first kappa shape index (κ1) is 10.9. The summed E-state index contributed by atoms with van der Waals surface area (Å²) < 4.78 is 10.4. The normalized spacial score (nSPS) is 17.9. The van der Waals surface area contributed by atoms with E-state index in [1.54, 1.807) is 13.0 Å². The maximum atomic E-state index is 11.5. The van der Waals surface area contributed by atoms with Crippen LogP contribution in [-0.2, 0) is 9.53 Å². The van der Waals surface area contributed by atoms with Gasteiger partial charge in [0.2, 0.25) is 6.10 Å². The number of carbonyl (C=O) groups is 1. The summed E-state index contributed by atoms with van der Waals surface area (Å²) in [5.74, 6) is 0.149. The third kappa shape index (κ3) is 1.98. The van der Waals surface area contributed by atoms with Crippen molar-refractivity contribution < 1.29 is 14.3 Å². The molecule has 1 aliphatic rings. The first-order chi connectivity index (χ1) is 7.72. The summed E-state index contributed by atoms with van der Waals surface area (Å²) in [7, 11) is 5.76. The Bertz CT molecular complexity index is 408. The fourth-order valence-electron chi connectivity index (χ4n) is 1.58. The van der Waals surface area contributed by atoms with Crippen LogP contribution in [0, 0.1) is 0 Å². The molecule has 0 bridgehead atoms. The van der Waals surface area contributed by atoms with Crippen molar-refractivity contribution in [1.29, 1.82) is 0 Å². The van der Waals surface area contributed by atoms with E-state index in [4.69, 9.17) is 17.3 Å². The highest BCUT2D eigenvalue weighted by Crippen LogP contribution is 2.26. The third-order valence-electron chi connectivity index (χ3n) is 2.33. The number of carbonyl (C=O) groups excluding carboxylic acids is 1. The van der Waals surface area contributed by atoms with E-state index in [0.29, 0.717) is 24.4 Å². The Morgan fingerprint density at radius 1 is 1.69 bits per heavy atom. The van der Waals surface area contributed by atoms with Crippen molar-refractivity contribution in [2.45, 2.75) is 13.0 Å². The van der Waals surface area contributed by atoms with Crippen molar-refractivity contribution in [1.82, 2.24) is 0 Å². The Hall–Kier alpha value is -1.65. The molecule has 0 saturated carbocycles. The first-order valence-corrected chi connectivity index (χ1v) is 5.18. The smallest absolute Gasteiger partial charge is 0.349 e. The lowest BCUT2D eigenvalue weighted by Crippen LogP contribution is -2.40. The second-order valence-electron chi connectivity index (χ2n) is 3.46. The summed E-state index contributed by atoms with van der Waals surface area (Å²) >= 11 is 0. The van der Waals surface area contributed by atoms with Gasteiger partial charge in [-0.25, -0.2) is 4.79 Å². The molecule has 1 aromatic rings. The van der Waals surface area contributed by atoms with Crippen LogP contribution in [0.25, 0.3) is 0 Å². The molecule has 82 valence electrons. The van der Waals surface area contributed by atoms with Crippen molar-refractivity contribution in [3.05, 3.63) is 18.2 Å². The Balaban J connectivity index is 2.17. The molecule has 2 rings (SSSR count). The molecule has 16 heavy (non-hydrogen) atoms. The summed E-state index contributed by atoms with van der Waals surface area (Å²) in [5, 5.41) is 3.09. The number of benzene rings is 1. The zero-order valence-electron chi connectivity index (χ0n) is 9.03. The quantitative estimate of drug-likeness (QED) is 0.568. The first-order valence-electron chi connectivity index (χ1n) is 5.18. The molecule has 0 aromatic heterocycles. The van der Waals surface area contributed by atoms with Crippen molar-refractivity contribution in [3.8, 4) is 5.75 Å². The Kier molecular flexibility index (Phi) is 3.03. The van der Waals surface area contributed by atoms with Gasteiger partial charge in [-0.2, -0.15) is 0 Å². The van der Waals surface area contributed by atoms with Crippen molar-refractivity contribution in [3.63, 3.8) is 0 Å². The molecular weight excluding hydrogens is 205 g/mol. The van der Waals surface area contributed by atoms with Gasteiger partial charge in [-0.15, -0.1) is 0 Å². The number of ether oxygens (including phenoxy) is 2. The molecule has 0 fully saturated rings. The van der Waals surface area contributed by atoms with E-state index in [9.17, 15) is 4.79 Å². The highest BCUT2D eigenvalue weighted by molar-refractivity contribution is 6.35. The van der Waals surface area contributed by atoms with E-state index in [0.717, 1.165) is 5.69 Å². The summed E-state index contributed by atoms with van der Waals surface area (Å²) in [5.41, 5.74) is 1.32. The van der Waals surface area contributed by atoms with Crippen LogP contribution in [0.2, 0.25) is 0 Å². The fourth-order valence-corrected chi connectivity index (χ4v) is 1.58. The number of para-hydroxylation sites is 1. The van der Waals surface area contributed by atoms with Crippen molar-refractivity contribution in [2.75, 3.05) is 18.5 Å². The minimum absolute atomic E-state index is 0.343. The summed E-state index contributed by atoms with van der Waals surface area (Å²) in [6.45, 7) is 2.50. The lowest BCUT2D eigenvalue weighted by atomic mass is 9.93. The predicted molar refractivity (Wildman–Crippen MR) is 61.4 cm³/mol. The number of nitrogens with one attached hydrogen (secondary N) is 1. The number of anilines is 1. The molecule has 1 heterocycles. The largest absolute Gasteiger partial charge is 0.475 e. The van der Waals surface area contributed by atoms with Gasteiger partial charge in [-0.3, -0.25) is 0 Å². The molecule has 1 unspecified atom stereocenters. The van der Waals surface area contributed by atoms with Crippen LogP contribution in [0.5, 0.6) is 5.75 Å². The minimum Gasteiger partial charge on any atom is -0.475 e. The maximum absolute atomic E-state index is 11.5. The molecule has 1 aromatic carbocycles. The number of hydrogen-bond donors (Lipinski definition) is 1. The van der Waals surface area contributed by atoms with E-state index >= 15 is 0 Å². The van der Waals surface area contributed by atoms with Crippen LogP contribution in [0.4, 0.5) is 5.69 Å².